The van der Waals surface area contributed by atoms with Gasteiger partial charge >= 0.3 is 7.12 Å². The average molecular weight is 103 g/mol. The smallest absolute Gasteiger partial charge is 0.426 e. The number of rotatable bonds is 2. The fourth-order valence-corrected chi connectivity index (χ4v) is 0.211. The van der Waals surface area contributed by atoms with E-state index in [0.717, 1.165) is 0 Å². The maximum absolute atomic E-state index is 8.25. The third-order valence-corrected chi connectivity index (χ3v) is 0.854. The SMILES string of the molecule is CCC(N)B(O)O. The first-order valence-corrected chi connectivity index (χ1v) is 2.30. The molecular formula is C3H10BNO2. The molecule has 1 atom stereocenters. The molecule has 0 saturated heterocycles. The van der Waals surface area contributed by atoms with E-state index >= 15 is 0 Å². The molecule has 0 rings (SSSR count). The maximum atomic E-state index is 8.25. The summed E-state index contributed by atoms with van der Waals surface area (Å²) in [6.45, 7) is 1.80. The quantitative estimate of drug-likeness (QED) is 0.382. The highest BCUT2D eigenvalue weighted by Gasteiger charge is 2.14. The molecule has 7 heavy (non-hydrogen) atoms. The summed E-state index contributed by atoms with van der Waals surface area (Å²) in [6, 6.07) is 0. The minimum atomic E-state index is -1.36. The summed E-state index contributed by atoms with van der Waals surface area (Å²) in [5, 5.41) is 16.5. The van der Waals surface area contributed by atoms with Crippen molar-refractivity contribution in [3.8, 4) is 0 Å². The lowest BCUT2D eigenvalue weighted by Crippen LogP contribution is -2.38. The van der Waals surface area contributed by atoms with Crippen LogP contribution in [-0.2, 0) is 0 Å². The molecule has 0 heterocycles. The molecule has 0 aromatic carbocycles. The molecule has 0 aliphatic carbocycles. The lowest BCUT2D eigenvalue weighted by molar-refractivity contribution is 0.385. The molecule has 42 valence electrons. The van der Waals surface area contributed by atoms with Crippen LogP contribution < -0.4 is 5.73 Å². The van der Waals surface area contributed by atoms with Gasteiger partial charge in [-0.15, -0.1) is 0 Å². The minimum Gasteiger partial charge on any atom is -0.426 e. The first-order valence-electron chi connectivity index (χ1n) is 2.30. The van der Waals surface area contributed by atoms with Crippen molar-refractivity contribution in [2.75, 3.05) is 0 Å². The topological polar surface area (TPSA) is 66.5 Å². The number of hydrogen-bond donors (Lipinski definition) is 3. The zero-order chi connectivity index (χ0) is 5.86. The van der Waals surface area contributed by atoms with Gasteiger partial charge in [0.1, 0.15) is 0 Å². The Morgan fingerprint density at radius 2 is 2.14 bits per heavy atom. The van der Waals surface area contributed by atoms with Crippen LogP contribution in [0, 0.1) is 0 Å². The Hall–Kier alpha value is -0.0551. The van der Waals surface area contributed by atoms with Gasteiger partial charge in [0.25, 0.3) is 0 Å². The van der Waals surface area contributed by atoms with E-state index in [2.05, 4.69) is 0 Å². The molecule has 4 heteroatoms. The normalized spacial score (nSPS) is 13.7. The molecule has 0 amide bonds. The second-order valence-electron chi connectivity index (χ2n) is 1.49. The third-order valence-electron chi connectivity index (χ3n) is 0.854. The summed E-state index contributed by atoms with van der Waals surface area (Å²) in [6.07, 6.45) is 0.595. The van der Waals surface area contributed by atoms with Crippen LogP contribution in [0.2, 0.25) is 0 Å². The van der Waals surface area contributed by atoms with Gasteiger partial charge in [0.15, 0.2) is 0 Å². The molecule has 0 fully saturated rings. The minimum absolute atomic E-state index is 0.486. The molecule has 0 radical (unpaired) electrons. The molecule has 0 aliphatic rings. The van der Waals surface area contributed by atoms with Crippen molar-refractivity contribution in [3.05, 3.63) is 0 Å². The summed E-state index contributed by atoms with van der Waals surface area (Å²) in [5.41, 5.74) is 5.12. The van der Waals surface area contributed by atoms with Crippen molar-refractivity contribution < 1.29 is 10.0 Å². The van der Waals surface area contributed by atoms with Crippen molar-refractivity contribution in [3.63, 3.8) is 0 Å². The van der Waals surface area contributed by atoms with Gasteiger partial charge in [0, 0.05) is 5.94 Å². The van der Waals surface area contributed by atoms with Crippen LogP contribution in [0.4, 0.5) is 0 Å². The molecule has 1 unspecified atom stereocenters. The van der Waals surface area contributed by atoms with Crippen LogP contribution in [0.1, 0.15) is 13.3 Å². The van der Waals surface area contributed by atoms with E-state index in [1.54, 1.807) is 6.92 Å². The van der Waals surface area contributed by atoms with E-state index in [0.29, 0.717) is 6.42 Å². The maximum Gasteiger partial charge on any atom is 0.469 e. The third kappa shape index (κ3) is 2.62. The van der Waals surface area contributed by atoms with Crippen LogP contribution >= 0.6 is 0 Å². The molecule has 3 nitrogen and oxygen atoms in total. The Bertz CT molecular complexity index is 50.2. The first kappa shape index (κ1) is 6.94. The molecule has 0 saturated carbocycles. The molecule has 0 aromatic heterocycles. The van der Waals surface area contributed by atoms with Crippen LogP contribution in [0.5, 0.6) is 0 Å². The van der Waals surface area contributed by atoms with Gasteiger partial charge < -0.3 is 15.8 Å². The second-order valence-corrected chi connectivity index (χ2v) is 1.49. The average Bonchev–Trinajstić information content (AvgIpc) is 1.65. The molecule has 0 aromatic rings. The second kappa shape index (κ2) is 3.01. The summed E-state index contributed by atoms with van der Waals surface area (Å²) in [4.78, 5) is 0. The fraction of sp³-hybridized carbons (Fsp3) is 1.00. The highest BCUT2D eigenvalue weighted by Crippen LogP contribution is 1.84. The number of hydrogen-bond acceptors (Lipinski definition) is 3. The lowest BCUT2D eigenvalue weighted by Gasteiger charge is -2.03. The van der Waals surface area contributed by atoms with Gasteiger partial charge in [-0.1, -0.05) is 6.92 Å². The molecular weight excluding hydrogens is 92.8 g/mol. The van der Waals surface area contributed by atoms with E-state index in [1.165, 1.54) is 0 Å². The zero-order valence-corrected chi connectivity index (χ0v) is 4.33. The Balaban J connectivity index is 3.14. The molecule has 0 bridgehead atoms. The summed E-state index contributed by atoms with van der Waals surface area (Å²) in [5.74, 6) is -0.486. The van der Waals surface area contributed by atoms with E-state index < -0.39 is 13.1 Å². The number of nitrogens with two attached hydrogens (primary N) is 1. The van der Waals surface area contributed by atoms with Gasteiger partial charge in [0.2, 0.25) is 0 Å². The predicted octanol–water partition coefficient (Wildman–Crippen LogP) is -1.26. The van der Waals surface area contributed by atoms with Gasteiger partial charge in [-0.2, -0.15) is 0 Å². The largest absolute Gasteiger partial charge is 0.469 e. The van der Waals surface area contributed by atoms with Gasteiger partial charge in [-0.05, 0) is 6.42 Å². The van der Waals surface area contributed by atoms with Crippen molar-refractivity contribution in [1.82, 2.24) is 0 Å². The van der Waals surface area contributed by atoms with Crippen molar-refractivity contribution in [1.29, 1.82) is 0 Å². The zero-order valence-electron chi connectivity index (χ0n) is 4.33. The Morgan fingerprint density at radius 3 is 2.14 bits per heavy atom. The highest BCUT2D eigenvalue weighted by atomic mass is 16.4. The molecule has 4 N–H and O–H groups in total. The first-order chi connectivity index (χ1) is 3.18. The van der Waals surface area contributed by atoms with Crippen LogP contribution in [0.25, 0.3) is 0 Å². The summed E-state index contributed by atoms with van der Waals surface area (Å²) in [7, 11) is -1.36. The Kier molecular flexibility index (Phi) is 2.99. The standard InChI is InChI=1S/C3H10BNO2/c1-2-3(5)4(6)7/h3,6-7H,2,5H2,1H3. The Labute approximate surface area is 43.3 Å². The fourth-order valence-electron chi connectivity index (χ4n) is 0.211. The van der Waals surface area contributed by atoms with Gasteiger partial charge in [-0.25, -0.2) is 0 Å². The van der Waals surface area contributed by atoms with Gasteiger partial charge in [-0.3, -0.25) is 0 Å². The van der Waals surface area contributed by atoms with E-state index in [9.17, 15) is 0 Å². The predicted molar refractivity (Wildman–Crippen MR) is 28.5 cm³/mol. The molecule has 0 aliphatic heterocycles. The summed E-state index contributed by atoms with van der Waals surface area (Å²) >= 11 is 0. The van der Waals surface area contributed by atoms with Crippen LogP contribution in [0.3, 0.4) is 0 Å². The highest BCUT2D eigenvalue weighted by molar-refractivity contribution is 6.43. The van der Waals surface area contributed by atoms with E-state index in [1.807, 2.05) is 0 Å². The summed E-state index contributed by atoms with van der Waals surface area (Å²) < 4.78 is 0. The lowest BCUT2D eigenvalue weighted by atomic mass is 9.79. The van der Waals surface area contributed by atoms with Crippen LogP contribution in [0.15, 0.2) is 0 Å². The van der Waals surface area contributed by atoms with Crippen molar-refractivity contribution in [2.45, 2.75) is 19.3 Å². The van der Waals surface area contributed by atoms with Gasteiger partial charge in [0.05, 0.1) is 0 Å². The monoisotopic (exact) mass is 103 g/mol. The Morgan fingerprint density at radius 1 is 1.71 bits per heavy atom. The molecule has 0 spiro atoms. The van der Waals surface area contributed by atoms with E-state index in [-0.39, 0.29) is 0 Å². The van der Waals surface area contributed by atoms with Crippen LogP contribution in [-0.4, -0.2) is 23.1 Å². The van der Waals surface area contributed by atoms with Crippen molar-refractivity contribution >= 4 is 7.12 Å². The van der Waals surface area contributed by atoms with E-state index in [4.69, 9.17) is 15.8 Å². The van der Waals surface area contributed by atoms with Crippen molar-refractivity contribution in [2.24, 2.45) is 5.73 Å².